The van der Waals surface area contributed by atoms with E-state index in [0.717, 1.165) is 11.1 Å². The maximum atomic E-state index is 12.0. The molecule has 0 heterocycles. The first-order valence-corrected chi connectivity index (χ1v) is 7.14. The van der Waals surface area contributed by atoms with Gasteiger partial charge in [0, 0.05) is 0 Å². The number of benzene rings is 2. The van der Waals surface area contributed by atoms with E-state index < -0.39 is 17.2 Å². The van der Waals surface area contributed by atoms with E-state index in [-0.39, 0.29) is 0 Å². The van der Waals surface area contributed by atoms with Crippen LogP contribution in [0.3, 0.4) is 0 Å². The Bertz CT molecular complexity index is 673. The molecule has 1 N–H and O–H groups in total. The first-order valence-electron chi connectivity index (χ1n) is 7.14. The van der Waals surface area contributed by atoms with Crippen molar-refractivity contribution in [3.05, 3.63) is 77.9 Å². The number of hydrogen-bond acceptors (Lipinski definition) is 2. The van der Waals surface area contributed by atoms with Crippen molar-refractivity contribution in [3.63, 3.8) is 0 Å². The van der Waals surface area contributed by atoms with E-state index in [2.05, 4.69) is 5.32 Å². The normalized spacial score (nSPS) is 11.4. The van der Waals surface area contributed by atoms with E-state index in [1.54, 1.807) is 6.08 Å². The Hall–Kier alpha value is -2.68. The molecule has 0 atom stereocenters. The van der Waals surface area contributed by atoms with Crippen molar-refractivity contribution < 1.29 is 9.59 Å². The number of nitrogens with one attached hydrogen (secondary N) is 1. The molecule has 0 aliphatic heterocycles. The second-order valence-electron chi connectivity index (χ2n) is 5.55. The molecule has 112 valence electrons. The smallest absolute Gasteiger partial charge is 0.292 e. The Kier molecular flexibility index (Phi) is 4.89. The lowest BCUT2D eigenvalue weighted by Gasteiger charge is -2.26. The summed E-state index contributed by atoms with van der Waals surface area (Å²) in [6.07, 6.45) is 2.93. The summed E-state index contributed by atoms with van der Waals surface area (Å²) in [5.74, 6) is -1.17. The summed E-state index contributed by atoms with van der Waals surface area (Å²) >= 11 is 0. The number of hydrogen-bond donors (Lipinski definition) is 1. The Morgan fingerprint density at radius 1 is 0.909 bits per heavy atom. The van der Waals surface area contributed by atoms with E-state index in [9.17, 15) is 9.59 Å². The topological polar surface area (TPSA) is 46.2 Å². The van der Waals surface area contributed by atoms with Gasteiger partial charge in [-0.15, -0.1) is 0 Å². The number of ketones is 1. The third-order valence-electron chi connectivity index (χ3n) is 3.37. The zero-order valence-electron chi connectivity index (χ0n) is 12.7. The summed E-state index contributed by atoms with van der Waals surface area (Å²) < 4.78 is 0. The van der Waals surface area contributed by atoms with Crippen LogP contribution in [-0.2, 0) is 15.1 Å². The van der Waals surface area contributed by atoms with Crippen LogP contribution >= 0.6 is 0 Å². The molecule has 3 heteroatoms. The molecule has 0 aliphatic rings. The number of carbonyl (C=O) groups is 2. The molecule has 2 rings (SSSR count). The minimum Gasteiger partial charge on any atom is -0.340 e. The van der Waals surface area contributed by atoms with E-state index in [1.807, 2.05) is 74.5 Å². The Morgan fingerprint density at radius 2 is 1.45 bits per heavy atom. The number of rotatable bonds is 5. The van der Waals surface area contributed by atoms with Crippen LogP contribution in [0.4, 0.5) is 0 Å². The summed E-state index contributed by atoms with van der Waals surface area (Å²) in [6, 6.07) is 19.0. The minimum absolute atomic E-state index is 0.562. The third-order valence-corrected chi connectivity index (χ3v) is 3.37. The van der Waals surface area contributed by atoms with Gasteiger partial charge in [0.05, 0.1) is 5.54 Å². The van der Waals surface area contributed by atoms with Crippen molar-refractivity contribution >= 4 is 17.8 Å². The van der Waals surface area contributed by atoms with Crippen LogP contribution in [0, 0.1) is 0 Å². The second-order valence-corrected chi connectivity index (χ2v) is 5.55. The average Bonchev–Trinajstić information content (AvgIpc) is 2.54. The molecule has 2 aromatic rings. The maximum Gasteiger partial charge on any atom is 0.292 e. The molecule has 0 saturated heterocycles. The van der Waals surface area contributed by atoms with Gasteiger partial charge in [-0.05, 0) is 31.1 Å². The quantitative estimate of drug-likeness (QED) is 0.679. The van der Waals surface area contributed by atoms with Crippen LogP contribution in [0.1, 0.15) is 25.0 Å². The van der Waals surface area contributed by atoms with Gasteiger partial charge in [0.25, 0.3) is 5.91 Å². The molecule has 3 nitrogen and oxygen atoms in total. The molecule has 0 aromatic heterocycles. The number of amides is 1. The van der Waals surface area contributed by atoms with Gasteiger partial charge in [-0.25, -0.2) is 0 Å². The van der Waals surface area contributed by atoms with Crippen LogP contribution in [-0.4, -0.2) is 11.7 Å². The fraction of sp³-hybridized carbons (Fsp3) is 0.158. The van der Waals surface area contributed by atoms with Gasteiger partial charge in [-0.2, -0.15) is 0 Å². The Labute approximate surface area is 130 Å². The van der Waals surface area contributed by atoms with Crippen molar-refractivity contribution in [1.82, 2.24) is 5.32 Å². The fourth-order valence-corrected chi connectivity index (χ4v) is 2.08. The molecule has 2 aromatic carbocycles. The predicted octanol–water partition coefficient (Wildman–Crippen LogP) is 3.32. The van der Waals surface area contributed by atoms with Gasteiger partial charge in [-0.3, -0.25) is 9.59 Å². The molecule has 0 unspecified atom stereocenters. The van der Waals surface area contributed by atoms with Crippen molar-refractivity contribution in [2.75, 3.05) is 0 Å². The van der Waals surface area contributed by atoms with Gasteiger partial charge < -0.3 is 5.32 Å². The van der Waals surface area contributed by atoms with Crippen LogP contribution in [0.2, 0.25) is 0 Å². The van der Waals surface area contributed by atoms with Crippen LogP contribution in [0.15, 0.2) is 66.7 Å². The van der Waals surface area contributed by atoms with E-state index in [0.29, 0.717) is 0 Å². The molecule has 0 saturated carbocycles. The van der Waals surface area contributed by atoms with E-state index >= 15 is 0 Å². The minimum atomic E-state index is -0.610. The molecule has 0 bridgehead atoms. The zero-order valence-corrected chi connectivity index (χ0v) is 12.7. The Morgan fingerprint density at radius 3 is 2.05 bits per heavy atom. The fourth-order valence-electron chi connectivity index (χ4n) is 2.08. The van der Waals surface area contributed by atoms with Crippen LogP contribution in [0.5, 0.6) is 0 Å². The first kappa shape index (κ1) is 15.7. The van der Waals surface area contributed by atoms with Gasteiger partial charge in [0.15, 0.2) is 0 Å². The largest absolute Gasteiger partial charge is 0.340 e. The lowest BCUT2D eigenvalue weighted by Crippen LogP contribution is -2.43. The molecule has 0 radical (unpaired) electrons. The third kappa shape index (κ3) is 4.16. The summed E-state index contributed by atoms with van der Waals surface area (Å²) in [7, 11) is 0. The highest BCUT2D eigenvalue weighted by atomic mass is 16.2. The van der Waals surface area contributed by atoms with Crippen molar-refractivity contribution in [2.24, 2.45) is 0 Å². The Balaban J connectivity index is 2.02. The summed E-state index contributed by atoms with van der Waals surface area (Å²) in [5.41, 5.74) is 1.23. The summed E-state index contributed by atoms with van der Waals surface area (Å²) in [6.45, 7) is 3.74. The lowest BCUT2D eigenvalue weighted by molar-refractivity contribution is -0.136. The lowest BCUT2D eigenvalue weighted by atomic mass is 9.94. The molecule has 0 spiro atoms. The van der Waals surface area contributed by atoms with Gasteiger partial charge in [0.2, 0.25) is 5.78 Å². The SMILES string of the molecule is CC(C)(NC(=O)C(=O)C=Cc1ccccc1)c1ccccc1. The molecule has 0 aliphatic carbocycles. The van der Waals surface area contributed by atoms with Gasteiger partial charge in [0.1, 0.15) is 0 Å². The molecular formula is C19H19NO2. The number of carbonyl (C=O) groups excluding carboxylic acids is 2. The van der Waals surface area contributed by atoms with E-state index in [4.69, 9.17) is 0 Å². The zero-order chi connectivity index (χ0) is 16.0. The molecule has 0 fully saturated rings. The van der Waals surface area contributed by atoms with Gasteiger partial charge >= 0.3 is 0 Å². The molecule has 1 amide bonds. The van der Waals surface area contributed by atoms with E-state index in [1.165, 1.54) is 6.08 Å². The summed E-state index contributed by atoms with van der Waals surface area (Å²) in [5, 5.41) is 2.77. The summed E-state index contributed by atoms with van der Waals surface area (Å²) in [4.78, 5) is 24.0. The monoisotopic (exact) mass is 293 g/mol. The highest BCUT2D eigenvalue weighted by Gasteiger charge is 2.24. The van der Waals surface area contributed by atoms with Gasteiger partial charge in [-0.1, -0.05) is 66.7 Å². The second kappa shape index (κ2) is 6.85. The predicted molar refractivity (Wildman–Crippen MR) is 88.1 cm³/mol. The highest BCUT2D eigenvalue weighted by Crippen LogP contribution is 2.19. The van der Waals surface area contributed by atoms with Crippen molar-refractivity contribution in [3.8, 4) is 0 Å². The van der Waals surface area contributed by atoms with Crippen molar-refractivity contribution in [1.29, 1.82) is 0 Å². The van der Waals surface area contributed by atoms with Crippen molar-refractivity contribution in [2.45, 2.75) is 19.4 Å². The standard InChI is InChI=1S/C19H19NO2/c1-19(2,16-11-7-4-8-12-16)20-18(22)17(21)14-13-15-9-5-3-6-10-15/h3-14H,1-2H3,(H,20,22). The first-order chi connectivity index (χ1) is 10.5. The van der Waals surface area contributed by atoms with Crippen LogP contribution < -0.4 is 5.32 Å². The molecule has 22 heavy (non-hydrogen) atoms. The average molecular weight is 293 g/mol. The molecular weight excluding hydrogens is 274 g/mol. The maximum absolute atomic E-state index is 12.0. The highest BCUT2D eigenvalue weighted by molar-refractivity contribution is 6.41. The van der Waals surface area contributed by atoms with Crippen LogP contribution in [0.25, 0.3) is 6.08 Å².